The van der Waals surface area contributed by atoms with Crippen LogP contribution in [0.1, 0.15) is 29.2 Å². The molecule has 1 aromatic rings. The molecular weight excluding hydrogens is 238 g/mol. The standard InChI is InChI=1S/C12H19NO3S/c1-6-16-13-17(14,15)12-10(4)8(2)7-9(3)11(12)5/h7,13H,6H2,1-5H3. The van der Waals surface area contributed by atoms with Crippen molar-refractivity contribution in [2.24, 2.45) is 0 Å². The lowest BCUT2D eigenvalue weighted by molar-refractivity contribution is 0.105. The summed E-state index contributed by atoms with van der Waals surface area (Å²) >= 11 is 0. The molecule has 0 radical (unpaired) electrons. The van der Waals surface area contributed by atoms with Crippen LogP contribution in [0.3, 0.4) is 0 Å². The summed E-state index contributed by atoms with van der Waals surface area (Å²) in [6.45, 7) is 9.44. The molecule has 0 saturated heterocycles. The van der Waals surface area contributed by atoms with Crippen molar-refractivity contribution in [2.45, 2.75) is 39.5 Å². The van der Waals surface area contributed by atoms with E-state index >= 15 is 0 Å². The van der Waals surface area contributed by atoms with Crippen LogP contribution in [0, 0.1) is 27.7 Å². The van der Waals surface area contributed by atoms with Gasteiger partial charge in [0.05, 0.1) is 11.5 Å². The van der Waals surface area contributed by atoms with E-state index in [0.717, 1.165) is 22.3 Å². The maximum atomic E-state index is 12.1. The van der Waals surface area contributed by atoms with Gasteiger partial charge in [0.25, 0.3) is 10.0 Å². The zero-order chi connectivity index (χ0) is 13.2. The Bertz CT molecular complexity index is 495. The van der Waals surface area contributed by atoms with Gasteiger partial charge < -0.3 is 0 Å². The fourth-order valence-electron chi connectivity index (χ4n) is 1.76. The maximum Gasteiger partial charge on any atom is 0.263 e. The highest BCUT2D eigenvalue weighted by molar-refractivity contribution is 7.89. The Hall–Kier alpha value is -0.910. The number of sulfonamides is 1. The minimum absolute atomic E-state index is 0.294. The number of aryl methyl sites for hydroxylation is 2. The molecule has 0 amide bonds. The minimum Gasteiger partial charge on any atom is -0.287 e. The summed E-state index contributed by atoms with van der Waals surface area (Å²) in [5.74, 6) is 0. The summed E-state index contributed by atoms with van der Waals surface area (Å²) in [5, 5.41) is 0. The molecule has 0 heterocycles. The molecule has 96 valence electrons. The molecule has 0 spiro atoms. The second kappa shape index (κ2) is 5.16. The molecule has 0 fully saturated rings. The van der Waals surface area contributed by atoms with Crippen LogP contribution in [0.4, 0.5) is 0 Å². The lowest BCUT2D eigenvalue weighted by Gasteiger charge is -2.15. The normalized spacial score (nSPS) is 11.8. The lowest BCUT2D eigenvalue weighted by Crippen LogP contribution is -2.26. The quantitative estimate of drug-likeness (QED) is 0.841. The van der Waals surface area contributed by atoms with E-state index in [1.165, 1.54) is 0 Å². The Morgan fingerprint density at radius 1 is 1.12 bits per heavy atom. The SMILES string of the molecule is CCONS(=O)(=O)c1c(C)c(C)cc(C)c1C. The van der Waals surface area contributed by atoms with Crippen LogP contribution in [-0.4, -0.2) is 15.0 Å². The van der Waals surface area contributed by atoms with Gasteiger partial charge in [0, 0.05) is 0 Å². The summed E-state index contributed by atoms with van der Waals surface area (Å²) in [5.41, 5.74) is 3.45. The van der Waals surface area contributed by atoms with E-state index in [0.29, 0.717) is 11.5 Å². The molecule has 0 aliphatic rings. The molecular formula is C12H19NO3S. The van der Waals surface area contributed by atoms with Crippen molar-refractivity contribution in [1.82, 2.24) is 4.89 Å². The summed E-state index contributed by atoms with van der Waals surface area (Å²) < 4.78 is 24.2. The third-order valence-electron chi connectivity index (χ3n) is 2.88. The fourth-order valence-corrected chi connectivity index (χ4v) is 3.25. The molecule has 17 heavy (non-hydrogen) atoms. The van der Waals surface area contributed by atoms with Gasteiger partial charge in [-0.1, -0.05) is 11.0 Å². The molecule has 5 heteroatoms. The van der Waals surface area contributed by atoms with Gasteiger partial charge in [-0.05, 0) is 56.9 Å². The predicted molar refractivity (Wildman–Crippen MR) is 67.3 cm³/mol. The van der Waals surface area contributed by atoms with Crippen molar-refractivity contribution in [3.63, 3.8) is 0 Å². The first-order chi connectivity index (χ1) is 7.81. The third kappa shape index (κ3) is 2.86. The van der Waals surface area contributed by atoms with Crippen LogP contribution < -0.4 is 4.89 Å². The Balaban J connectivity index is 3.40. The van der Waals surface area contributed by atoms with Crippen molar-refractivity contribution in [2.75, 3.05) is 6.61 Å². The van der Waals surface area contributed by atoms with Gasteiger partial charge >= 0.3 is 0 Å². The van der Waals surface area contributed by atoms with Gasteiger partial charge in [-0.25, -0.2) is 8.42 Å². The van der Waals surface area contributed by atoms with E-state index in [4.69, 9.17) is 4.84 Å². The first-order valence-corrected chi connectivity index (χ1v) is 7.00. The zero-order valence-electron chi connectivity index (χ0n) is 10.9. The van der Waals surface area contributed by atoms with Crippen LogP contribution in [-0.2, 0) is 14.9 Å². The molecule has 1 N–H and O–H groups in total. The van der Waals surface area contributed by atoms with Crippen molar-refractivity contribution in [3.8, 4) is 0 Å². The molecule has 0 aromatic heterocycles. The van der Waals surface area contributed by atoms with Gasteiger partial charge in [-0.3, -0.25) is 4.84 Å². The third-order valence-corrected chi connectivity index (χ3v) is 4.37. The number of hydrogen-bond acceptors (Lipinski definition) is 3. The second-order valence-electron chi connectivity index (χ2n) is 4.11. The largest absolute Gasteiger partial charge is 0.287 e. The molecule has 1 rings (SSSR count). The van der Waals surface area contributed by atoms with Crippen LogP contribution in [0.15, 0.2) is 11.0 Å². The van der Waals surface area contributed by atoms with Crippen LogP contribution in [0.5, 0.6) is 0 Å². The monoisotopic (exact) mass is 257 g/mol. The van der Waals surface area contributed by atoms with Gasteiger partial charge in [0.2, 0.25) is 0 Å². The Labute approximate surface area is 103 Å². The molecule has 0 atom stereocenters. The number of rotatable bonds is 4. The van der Waals surface area contributed by atoms with Gasteiger partial charge in [-0.15, -0.1) is 0 Å². The second-order valence-corrected chi connectivity index (χ2v) is 5.69. The summed E-state index contributed by atoms with van der Waals surface area (Å²) in [6, 6.07) is 1.99. The van der Waals surface area contributed by atoms with E-state index in [1.54, 1.807) is 6.92 Å². The molecule has 4 nitrogen and oxygen atoms in total. The van der Waals surface area contributed by atoms with Crippen LogP contribution >= 0.6 is 0 Å². The first kappa shape index (κ1) is 14.2. The minimum atomic E-state index is -3.60. The smallest absolute Gasteiger partial charge is 0.263 e. The van der Waals surface area contributed by atoms with E-state index in [2.05, 4.69) is 4.89 Å². The van der Waals surface area contributed by atoms with Crippen molar-refractivity contribution >= 4 is 10.0 Å². The fraction of sp³-hybridized carbons (Fsp3) is 0.500. The maximum absolute atomic E-state index is 12.1. The molecule has 0 unspecified atom stereocenters. The predicted octanol–water partition coefficient (Wildman–Crippen LogP) is 2.15. The van der Waals surface area contributed by atoms with E-state index in [1.807, 2.05) is 33.8 Å². The van der Waals surface area contributed by atoms with E-state index in [9.17, 15) is 8.42 Å². The molecule has 0 bridgehead atoms. The highest BCUT2D eigenvalue weighted by atomic mass is 32.2. The number of hydrogen-bond donors (Lipinski definition) is 1. The van der Waals surface area contributed by atoms with E-state index < -0.39 is 10.0 Å². The van der Waals surface area contributed by atoms with Crippen LogP contribution in [0.25, 0.3) is 0 Å². The molecule has 0 saturated carbocycles. The number of benzene rings is 1. The summed E-state index contributed by atoms with van der Waals surface area (Å²) in [4.78, 5) is 7.26. The first-order valence-electron chi connectivity index (χ1n) is 5.52. The average Bonchev–Trinajstić information content (AvgIpc) is 2.24. The topological polar surface area (TPSA) is 55.4 Å². The van der Waals surface area contributed by atoms with Gasteiger partial charge in [0.1, 0.15) is 0 Å². The van der Waals surface area contributed by atoms with Crippen molar-refractivity contribution in [1.29, 1.82) is 0 Å². The number of nitrogens with one attached hydrogen (secondary N) is 1. The van der Waals surface area contributed by atoms with Gasteiger partial charge in [-0.2, -0.15) is 0 Å². The highest BCUT2D eigenvalue weighted by Crippen LogP contribution is 2.25. The van der Waals surface area contributed by atoms with Crippen molar-refractivity contribution in [3.05, 3.63) is 28.3 Å². The molecule has 0 aliphatic carbocycles. The van der Waals surface area contributed by atoms with Gasteiger partial charge in [0.15, 0.2) is 0 Å². The van der Waals surface area contributed by atoms with Crippen LogP contribution in [0.2, 0.25) is 0 Å². The molecule has 1 aromatic carbocycles. The lowest BCUT2D eigenvalue weighted by atomic mass is 10.0. The van der Waals surface area contributed by atoms with E-state index in [-0.39, 0.29) is 0 Å². The average molecular weight is 257 g/mol. The Morgan fingerprint density at radius 2 is 1.59 bits per heavy atom. The summed E-state index contributed by atoms with van der Waals surface area (Å²) in [6.07, 6.45) is 0. The molecule has 0 aliphatic heterocycles. The zero-order valence-corrected chi connectivity index (χ0v) is 11.7. The van der Waals surface area contributed by atoms with Crippen molar-refractivity contribution < 1.29 is 13.3 Å². The Kier molecular flexibility index (Phi) is 4.30. The summed E-state index contributed by atoms with van der Waals surface area (Å²) in [7, 11) is -3.60. The Morgan fingerprint density at radius 3 is 2.00 bits per heavy atom. The highest BCUT2D eigenvalue weighted by Gasteiger charge is 2.21.